The van der Waals surface area contributed by atoms with Crippen LogP contribution in [0.3, 0.4) is 0 Å². The highest BCUT2D eigenvalue weighted by Gasteiger charge is 2.18. The maximum absolute atomic E-state index is 12.2. The monoisotopic (exact) mass is 363 g/mol. The van der Waals surface area contributed by atoms with E-state index in [9.17, 15) is 4.79 Å². The van der Waals surface area contributed by atoms with Crippen LogP contribution in [0, 0.1) is 0 Å². The van der Waals surface area contributed by atoms with Gasteiger partial charge in [0, 0.05) is 6.54 Å². The van der Waals surface area contributed by atoms with E-state index in [1.54, 1.807) is 11.3 Å². The van der Waals surface area contributed by atoms with E-state index in [4.69, 9.17) is 4.42 Å². The van der Waals surface area contributed by atoms with Crippen molar-refractivity contribution >= 4 is 29.0 Å². The summed E-state index contributed by atoms with van der Waals surface area (Å²) in [5.74, 6) is 0.511. The van der Waals surface area contributed by atoms with E-state index >= 15 is 0 Å². The number of hydrogen-bond donors (Lipinski definition) is 1. The minimum Gasteiger partial charge on any atom is -0.410 e. The Morgan fingerprint density at radius 2 is 2.38 bits per heavy atom. The van der Waals surface area contributed by atoms with Crippen LogP contribution in [0.25, 0.3) is 10.8 Å². The van der Waals surface area contributed by atoms with Crippen LogP contribution in [0.2, 0.25) is 0 Å². The van der Waals surface area contributed by atoms with Gasteiger partial charge in [0.15, 0.2) is 0 Å². The first-order valence-corrected chi connectivity index (χ1v) is 9.98. The molecule has 0 saturated heterocycles. The normalized spacial score (nSPS) is 15.8. The molecule has 2 aromatic heterocycles. The van der Waals surface area contributed by atoms with E-state index < -0.39 is 0 Å². The van der Waals surface area contributed by atoms with Crippen LogP contribution in [0.15, 0.2) is 38.8 Å². The SMILES string of the molecule is CC(Sc1nnc(-c2cccs2)o1)C(=O)NCCC1=CCCCC1. The standard InChI is InChI=1S/C17H21N3O2S2/c1-12(15(21)18-10-9-13-6-3-2-4-7-13)24-17-20-19-16(22-17)14-8-5-11-23-14/h5-6,8,11-12H,2-4,7,9-10H2,1H3,(H,18,21). The maximum atomic E-state index is 12.2. The molecule has 2 heterocycles. The number of thiophene rings is 1. The molecule has 0 saturated carbocycles. The Bertz CT molecular complexity index is 695. The molecule has 0 spiro atoms. The fraction of sp³-hybridized carbons (Fsp3) is 0.471. The molecule has 1 aliphatic carbocycles. The number of thioether (sulfide) groups is 1. The van der Waals surface area contributed by atoms with Gasteiger partial charge in [0.1, 0.15) is 0 Å². The summed E-state index contributed by atoms with van der Waals surface area (Å²) in [6, 6.07) is 3.87. The molecule has 1 aliphatic rings. The van der Waals surface area contributed by atoms with Gasteiger partial charge in [0.05, 0.1) is 10.1 Å². The molecule has 0 radical (unpaired) electrons. The molecule has 2 aromatic rings. The van der Waals surface area contributed by atoms with Crippen LogP contribution in [0.1, 0.15) is 39.0 Å². The fourth-order valence-electron chi connectivity index (χ4n) is 2.58. The van der Waals surface area contributed by atoms with Crippen LogP contribution < -0.4 is 5.32 Å². The Labute approximate surface area is 149 Å². The van der Waals surface area contributed by atoms with Crippen molar-refractivity contribution in [3.05, 3.63) is 29.2 Å². The van der Waals surface area contributed by atoms with E-state index in [1.807, 2.05) is 24.4 Å². The molecule has 0 fully saturated rings. The smallest absolute Gasteiger partial charge is 0.277 e. The summed E-state index contributed by atoms with van der Waals surface area (Å²) in [6.45, 7) is 2.55. The van der Waals surface area contributed by atoms with Crippen molar-refractivity contribution in [3.63, 3.8) is 0 Å². The fourth-order valence-corrected chi connectivity index (χ4v) is 3.94. The lowest BCUT2D eigenvalue weighted by Gasteiger charge is -2.14. The van der Waals surface area contributed by atoms with Gasteiger partial charge in [0.25, 0.3) is 11.1 Å². The molecule has 1 unspecified atom stereocenters. The maximum Gasteiger partial charge on any atom is 0.277 e. The minimum absolute atomic E-state index is 0.00674. The van der Waals surface area contributed by atoms with Crippen molar-refractivity contribution in [1.29, 1.82) is 0 Å². The summed E-state index contributed by atoms with van der Waals surface area (Å²) in [5, 5.41) is 13.2. The van der Waals surface area contributed by atoms with E-state index in [0.29, 0.717) is 17.7 Å². The first-order valence-electron chi connectivity index (χ1n) is 8.22. The van der Waals surface area contributed by atoms with Crippen molar-refractivity contribution in [1.82, 2.24) is 15.5 Å². The lowest BCUT2D eigenvalue weighted by molar-refractivity contribution is -0.120. The number of allylic oxidation sites excluding steroid dienone is 1. The van der Waals surface area contributed by atoms with E-state index in [2.05, 4.69) is 21.6 Å². The Morgan fingerprint density at radius 1 is 1.46 bits per heavy atom. The Hall–Kier alpha value is -1.60. The van der Waals surface area contributed by atoms with E-state index in [0.717, 1.165) is 11.3 Å². The highest BCUT2D eigenvalue weighted by molar-refractivity contribution is 8.00. The Balaban J connectivity index is 1.45. The van der Waals surface area contributed by atoms with Crippen molar-refractivity contribution < 1.29 is 9.21 Å². The van der Waals surface area contributed by atoms with Crippen molar-refractivity contribution in [3.8, 4) is 10.8 Å². The molecule has 24 heavy (non-hydrogen) atoms. The molecule has 5 nitrogen and oxygen atoms in total. The van der Waals surface area contributed by atoms with E-state index in [-0.39, 0.29) is 11.2 Å². The lowest BCUT2D eigenvalue weighted by Crippen LogP contribution is -2.31. The zero-order valence-electron chi connectivity index (χ0n) is 13.7. The number of amides is 1. The molecule has 128 valence electrons. The Morgan fingerprint density at radius 3 is 3.12 bits per heavy atom. The number of nitrogens with one attached hydrogen (secondary N) is 1. The summed E-state index contributed by atoms with van der Waals surface area (Å²) in [4.78, 5) is 13.1. The van der Waals surface area contributed by atoms with Gasteiger partial charge in [-0.05, 0) is 50.5 Å². The zero-order chi connectivity index (χ0) is 16.8. The summed E-state index contributed by atoms with van der Waals surface area (Å²) in [5.41, 5.74) is 1.47. The van der Waals surface area contributed by atoms with E-state index in [1.165, 1.54) is 43.0 Å². The van der Waals surface area contributed by atoms with Crippen molar-refractivity contribution in [2.75, 3.05) is 6.54 Å². The van der Waals surface area contributed by atoms with Crippen LogP contribution in [0.5, 0.6) is 0 Å². The quantitative estimate of drug-likeness (QED) is 0.587. The molecule has 0 aliphatic heterocycles. The molecule has 1 atom stereocenters. The van der Waals surface area contributed by atoms with Crippen LogP contribution in [0.4, 0.5) is 0 Å². The molecule has 0 bridgehead atoms. The van der Waals surface area contributed by atoms with Gasteiger partial charge in [-0.25, -0.2) is 0 Å². The van der Waals surface area contributed by atoms with Gasteiger partial charge < -0.3 is 9.73 Å². The average Bonchev–Trinajstić information content (AvgIpc) is 3.27. The van der Waals surface area contributed by atoms with Crippen molar-refractivity contribution in [2.24, 2.45) is 0 Å². The summed E-state index contributed by atoms with van der Waals surface area (Å²) < 4.78 is 5.61. The summed E-state index contributed by atoms with van der Waals surface area (Å²) in [7, 11) is 0. The third-order valence-corrected chi connectivity index (χ3v) is 5.71. The van der Waals surface area contributed by atoms with Crippen molar-refractivity contribution in [2.45, 2.75) is 49.5 Å². The van der Waals surface area contributed by atoms with Gasteiger partial charge in [0.2, 0.25) is 5.91 Å². The second-order valence-corrected chi connectivity index (χ2v) is 8.00. The largest absolute Gasteiger partial charge is 0.410 e. The van der Waals surface area contributed by atoms with Crippen LogP contribution >= 0.6 is 23.1 Å². The topological polar surface area (TPSA) is 68.0 Å². The highest BCUT2D eigenvalue weighted by Crippen LogP contribution is 2.28. The molecular weight excluding hydrogens is 342 g/mol. The van der Waals surface area contributed by atoms with Gasteiger partial charge in [-0.1, -0.05) is 29.5 Å². The zero-order valence-corrected chi connectivity index (χ0v) is 15.3. The first kappa shape index (κ1) is 17.2. The number of aromatic nitrogens is 2. The minimum atomic E-state index is -0.262. The number of nitrogens with zero attached hydrogens (tertiary/aromatic N) is 2. The van der Waals surface area contributed by atoms with Gasteiger partial charge in [-0.3, -0.25) is 4.79 Å². The second kappa shape index (κ2) is 8.48. The lowest BCUT2D eigenvalue weighted by atomic mass is 9.97. The van der Waals surface area contributed by atoms with Gasteiger partial charge >= 0.3 is 0 Å². The molecule has 3 rings (SSSR count). The summed E-state index contributed by atoms with van der Waals surface area (Å²) >= 11 is 2.84. The average molecular weight is 364 g/mol. The number of carbonyl (C=O) groups excluding carboxylic acids is 1. The first-order chi connectivity index (χ1) is 11.7. The molecule has 7 heteroatoms. The number of carbonyl (C=O) groups is 1. The molecule has 1 N–H and O–H groups in total. The highest BCUT2D eigenvalue weighted by atomic mass is 32.2. The number of hydrogen-bond acceptors (Lipinski definition) is 6. The third kappa shape index (κ3) is 4.70. The third-order valence-electron chi connectivity index (χ3n) is 3.92. The van der Waals surface area contributed by atoms with Gasteiger partial charge in [-0.2, -0.15) is 0 Å². The Kier molecular flexibility index (Phi) is 6.09. The predicted molar refractivity (Wildman–Crippen MR) is 97.1 cm³/mol. The molecule has 1 amide bonds. The number of rotatable bonds is 7. The molecule has 0 aromatic carbocycles. The molecular formula is C17H21N3O2S2. The predicted octanol–water partition coefficient (Wildman–Crippen LogP) is 4.29. The van der Waals surface area contributed by atoms with Crippen LogP contribution in [-0.4, -0.2) is 27.9 Å². The second-order valence-electron chi connectivity index (χ2n) is 5.76. The van der Waals surface area contributed by atoms with Crippen LogP contribution in [-0.2, 0) is 4.79 Å². The summed E-state index contributed by atoms with van der Waals surface area (Å²) in [6.07, 6.45) is 8.19. The van der Waals surface area contributed by atoms with Gasteiger partial charge in [-0.15, -0.1) is 21.5 Å².